The Morgan fingerprint density at radius 2 is 1.73 bits per heavy atom. The van der Waals surface area contributed by atoms with Crippen molar-refractivity contribution in [1.82, 2.24) is 14.5 Å². The number of benzene rings is 2. The van der Waals surface area contributed by atoms with Gasteiger partial charge in [0.15, 0.2) is 0 Å². The van der Waals surface area contributed by atoms with Crippen molar-refractivity contribution in [3.8, 4) is 0 Å². The number of amides is 1. The van der Waals surface area contributed by atoms with Crippen LogP contribution in [0.3, 0.4) is 0 Å². The van der Waals surface area contributed by atoms with E-state index in [2.05, 4.69) is 13.8 Å². The van der Waals surface area contributed by atoms with Crippen LogP contribution in [0.25, 0.3) is 10.9 Å². The van der Waals surface area contributed by atoms with Gasteiger partial charge in [-0.1, -0.05) is 56.3 Å². The highest BCUT2D eigenvalue weighted by Gasteiger charge is 2.36. The van der Waals surface area contributed by atoms with E-state index in [0.717, 1.165) is 5.56 Å². The molecule has 2 heterocycles. The summed E-state index contributed by atoms with van der Waals surface area (Å²) in [5.41, 5.74) is 1.62. The van der Waals surface area contributed by atoms with Crippen LogP contribution in [0.15, 0.2) is 59.4 Å². The summed E-state index contributed by atoms with van der Waals surface area (Å²) in [6, 6.07) is 17.0. The highest BCUT2D eigenvalue weighted by Crippen LogP contribution is 2.32. The van der Waals surface area contributed by atoms with Crippen LogP contribution in [-0.2, 0) is 17.9 Å². The van der Waals surface area contributed by atoms with Gasteiger partial charge in [0, 0.05) is 6.54 Å². The maximum absolute atomic E-state index is 12.9. The molecule has 5 heteroatoms. The molecule has 5 nitrogen and oxygen atoms in total. The number of para-hydroxylation sites is 1. The number of rotatable bonds is 3. The Balaban J connectivity index is 1.86. The van der Waals surface area contributed by atoms with Crippen molar-refractivity contribution >= 4 is 16.8 Å². The van der Waals surface area contributed by atoms with Gasteiger partial charge in [0.25, 0.3) is 5.56 Å². The molecule has 0 N–H and O–H groups in total. The number of nitrogens with zero attached hydrogens (tertiary/aromatic N) is 3. The van der Waals surface area contributed by atoms with Gasteiger partial charge in [-0.2, -0.15) is 0 Å². The topological polar surface area (TPSA) is 55.2 Å². The molecule has 0 fully saturated rings. The molecule has 26 heavy (non-hydrogen) atoms. The number of fused-ring (bicyclic) bond motifs is 2. The van der Waals surface area contributed by atoms with E-state index in [0.29, 0.717) is 23.3 Å². The Morgan fingerprint density at radius 3 is 2.46 bits per heavy atom. The zero-order chi connectivity index (χ0) is 18.3. The van der Waals surface area contributed by atoms with Crippen molar-refractivity contribution in [2.24, 2.45) is 5.92 Å². The van der Waals surface area contributed by atoms with Crippen molar-refractivity contribution < 1.29 is 4.79 Å². The first-order valence-corrected chi connectivity index (χ1v) is 8.89. The maximum atomic E-state index is 12.9. The van der Waals surface area contributed by atoms with E-state index >= 15 is 0 Å². The number of aromatic nitrogens is 2. The standard InChI is InChI=1S/C21H21N3O2/c1-14(2)19-20-22-17-11-7-6-10-16(17)21(26)24(20)13-18(25)23(19)12-15-8-4-3-5-9-15/h3-11,14,19H,12-13H2,1-2H3/t19-/m0/s1. The van der Waals surface area contributed by atoms with Crippen LogP contribution in [0.5, 0.6) is 0 Å². The van der Waals surface area contributed by atoms with Crippen molar-refractivity contribution in [1.29, 1.82) is 0 Å². The van der Waals surface area contributed by atoms with Crippen molar-refractivity contribution in [2.45, 2.75) is 33.0 Å². The summed E-state index contributed by atoms with van der Waals surface area (Å²) in [7, 11) is 0. The number of hydrogen-bond acceptors (Lipinski definition) is 3. The molecule has 3 aromatic rings. The summed E-state index contributed by atoms with van der Waals surface area (Å²) in [6.07, 6.45) is 0. The molecule has 0 radical (unpaired) electrons. The van der Waals surface area contributed by atoms with Crippen molar-refractivity contribution in [3.05, 3.63) is 76.3 Å². The maximum Gasteiger partial charge on any atom is 0.261 e. The number of carbonyl (C=O) groups excluding carboxylic acids is 1. The predicted octanol–water partition coefficient (Wildman–Crippen LogP) is 3.14. The highest BCUT2D eigenvalue weighted by atomic mass is 16.2. The first-order valence-electron chi connectivity index (χ1n) is 8.89. The second kappa shape index (κ2) is 6.41. The highest BCUT2D eigenvalue weighted by molar-refractivity contribution is 5.81. The van der Waals surface area contributed by atoms with Gasteiger partial charge in [-0.05, 0) is 23.6 Å². The minimum Gasteiger partial charge on any atom is -0.326 e. The summed E-state index contributed by atoms with van der Waals surface area (Å²) in [6.45, 7) is 4.69. The third kappa shape index (κ3) is 2.69. The molecule has 2 aromatic carbocycles. The largest absolute Gasteiger partial charge is 0.326 e. The Labute approximate surface area is 151 Å². The van der Waals surface area contributed by atoms with E-state index in [1.807, 2.05) is 53.4 Å². The normalized spacial score (nSPS) is 17.0. The summed E-state index contributed by atoms with van der Waals surface area (Å²) < 4.78 is 1.55. The van der Waals surface area contributed by atoms with E-state index in [-0.39, 0.29) is 30.0 Å². The second-order valence-electron chi connectivity index (χ2n) is 7.07. The molecular formula is C21H21N3O2. The first-order chi connectivity index (χ1) is 12.6. The molecule has 4 rings (SSSR count). The lowest BCUT2D eigenvalue weighted by Crippen LogP contribution is -2.48. The lowest BCUT2D eigenvalue weighted by atomic mass is 9.98. The van der Waals surface area contributed by atoms with E-state index in [9.17, 15) is 9.59 Å². The van der Waals surface area contributed by atoms with Gasteiger partial charge in [0.1, 0.15) is 12.4 Å². The van der Waals surface area contributed by atoms with Gasteiger partial charge in [-0.25, -0.2) is 4.98 Å². The molecule has 1 amide bonds. The number of hydrogen-bond donors (Lipinski definition) is 0. The predicted molar refractivity (Wildman–Crippen MR) is 101 cm³/mol. The zero-order valence-electron chi connectivity index (χ0n) is 14.9. The molecular weight excluding hydrogens is 326 g/mol. The molecule has 0 saturated carbocycles. The van der Waals surface area contributed by atoms with Crippen molar-refractivity contribution in [2.75, 3.05) is 0 Å². The van der Waals surface area contributed by atoms with Gasteiger partial charge in [-0.15, -0.1) is 0 Å². The molecule has 1 aromatic heterocycles. The molecule has 1 aliphatic rings. The average Bonchev–Trinajstić information content (AvgIpc) is 2.64. The van der Waals surface area contributed by atoms with Crippen LogP contribution in [0.2, 0.25) is 0 Å². The van der Waals surface area contributed by atoms with Crippen molar-refractivity contribution in [3.63, 3.8) is 0 Å². The summed E-state index contributed by atoms with van der Waals surface area (Å²) >= 11 is 0. The summed E-state index contributed by atoms with van der Waals surface area (Å²) in [5, 5.41) is 0.558. The molecule has 132 valence electrons. The lowest BCUT2D eigenvalue weighted by molar-refractivity contribution is -0.139. The zero-order valence-corrected chi connectivity index (χ0v) is 14.9. The SMILES string of the molecule is CC(C)[C@H]1c2nc3ccccc3c(=O)n2CC(=O)N1Cc1ccccc1. The Kier molecular flexibility index (Phi) is 4.07. The molecule has 0 bridgehead atoms. The fourth-order valence-electron chi connectivity index (χ4n) is 3.71. The minimum absolute atomic E-state index is 0.0424. The molecule has 0 unspecified atom stereocenters. The Morgan fingerprint density at radius 1 is 1.04 bits per heavy atom. The monoisotopic (exact) mass is 347 g/mol. The smallest absolute Gasteiger partial charge is 0.261 e. The fraction of sp³-hybridized carbons (Fsp3) is 0.286. The molecule has 1 atom stereocenters. The van der Waals surface area contributed by atoms with Crippen LogP contribution >= 0.6 is 0 Å². The van der Waals surface area contributed by atoms with Crippen LogP contribution < -0.4 is 5.56 Å². The third-order valence-electron chi connectivity index (χ3n) is 4.93. The quantitative estimate of drug-likeness (QED) is 0.731. The molecule has 1 aliphatic heterocycles. The van der Waals surface area contributed by atoms with Crippen LogP contribution in [0.1, 0.15) is 31.3 Å². The van der Waals surface area contributed by atoms with Gasteiger partial charge < -0.3 is 4.90 Å². The minimum atomic E-state index is -0.228. The van der Waals surface area contributed by atoms with Crippen LogP contribution in [0, 0.1) is 5.92 Å². The Hall–Kier alpha value is -2.95. The summed E-state index contributed by atoms with van der Waals surface area (Å²) in [4.78, 5) is 32.4. The number of carbonyl (C=O) groups is 1. The third-order valence-corrected chi connectivity index (χ3v) is 4.93. The van der Waals surface area contributed by atoms with Gasteiger partial charge >= 0.3 is 0 Å². The Bertz CT molecular complexity index is 1020. The van der Waals surface area contributed by atoms with Gasteiger partial charge in [0.2, 0.25) is 5.91 Å². The van der Waals surface area contributed by atoms with Gasteiger partial charge in [0.05, 0.1) is 16.9 Å². The molecule has 0 saturated heterocycles. The average molecular weight is 347 g/mol. The first kappa shape index (κ1) is 16.5. The molecule has 0 spiro atoms. The van der Waals surface area contributed by atoms with Crippen LogP contribution in [0.4, 0.5) is 0 Å². The van der Waals surface area contributed by atoms with E-state index in [4.69, 9.17) is 4.98 Å². The van der Waals surface area contributed by atoms with Crippen LogP contribution in [-0.4, -0.2) is 20.4 Å². The van der Waals surface area contributed by atoms with E-state index in [1.165, 1.54) is 0 Å². The second-order valence-corrected chi connectivity index (χ2v) is 7.07. The summed E-state index contributed by atoms with van der Waals surface area (Å²) in [5.74, 6) is 0.778. The van der Waals surface area contributed by atoms with E-state index in [1.54, 1.807) is 10.6 Å². The van der Waals surface area contributed by atoms with E-state index < -0.39 is 0 Å². The van der Waals surface area contributed by atoms with Gasteiger partial charge in [-0.3, -0.25) is 14.2 Å². The molecule has 0 aliphatic carbocycles. The fourth-order valence-corrected chi connectivity index (χ4v) is 3.71. The lowest BCUT2D eigenvalue weighted by Gasteiger charge is -2.39.